The third-order valence-electron chi connectivity index (χ3n) is 13.2. The SMILES string of the molecule is C=C/C=C(\C=C/C)C1(c2ccccc2)c2ccccc2-c2ccc(N(c3ccc(-c4ccc5oc6c(-c7ccccc7)cccc6c5c4)cc3)c3ccc4c(c3)oc3ccccc34)cc21. The Balaban J connectivity index is 1.03. The summed E-state index contributed by atoms with van der Waals surface area (Å²) in [6.07, 6.45) is 8.46. The molecule has 0 aliphatic heterocycles. The van der Waals surface area contributed by atoms with Crippen molar-refractivity contribution in [3.63, 3.8) is 0 Å². The van der Waals surface area contributed by atoms with E-state index in [4.69, 9.17) is 8.83 Å². The zero-order valence-corrected chi connectivity index (χ0v) is 35.9. The van der Waals surface area contributed by atoms with E-state index in [9.17, 15) is 0 Å². The summed E-state index contributed by atoms with van der Waals surface area (Å²) < 4.78 is 13.1. The first-order valence-electron chi connectivity index (χ1n) is 22.2. The van der Waals surface area contributed by atoms with Crippen LogP contribution in [-0.4, -0.2) is 0 Å². The van der Waals surface area contributed by atoms with Crippen LogP contribution >= 0.6 is 0 Å². The van der Waals surface area contributed by atoms with Gasteiger partial charge in [-0.2, -0.15) is 0 Å². The molecule has 0 saturated carbocycles. The van der Waals surface area contributed by atoms with E-state index in [-0.39, 0.29) is 0 Å². The second-order valence-electron chi connectivity index (χ2n) is 16.8. The van der Waals surface area contributed by atoms with E-state index >= 15 is 0 Å². The van der Waals surface area contributed by atoms with Crippen molar-refractivity contribution in [3.05, 3.63) is 259 Å². The van der Waals surface area contributed by atoms with Crippen molar-refractivity contribution in [1.29, 1.82) is 0 Å². The maximum absolute atomic E-state index is 6.54. The third kappa shape index (κ3) is 6.04. The highest BCUT2D eigenvalue weighted by molar-refractivity contribution is 6.11. The minimum atomic E-state index is -0.597. The predicted octanol–water partition coefficient (Wildman–Crippen LogP) is 17.3. The topological polar surface area (TPSA) is 29.5 Å². The highest BCUT2D eigenvalue weighted by Crippen LogP contribution is 2.58. The van der Waals surface area contributed by atoms with Crippen molar-refractivity contribution in [2.24, 2.45) is 0 Å². The molecule has 1 atom stereocenters. The molecule has 308 valence electrons. The molecule has 2 aromatic heterocycles. The van der Waals surface area contributed by atoms with Crippen LogP contribution in [0.5, 0.6) is 0 Å². The number of anilines is 3. The van der Waals surface area contributed by atoms with E-state index < -0.39 is 5.41 Å². The van der Waals surface area contributed by atoms with Crippen LogP contribution in [0.4, 0.5) is 17.1 Å². The molecule has 1 aliphatic rings. The molecule has 0 spiro atoms. The number of para-hydroxylation sites is 2. The summed E-state index contributed by atoms with van der Waals surface area (Å²) in [5, 5.41) is 4.41. The van der Waals surface area contributed by atoms with Crippen LogP contribution in [0.1, 0.15) is 23.6 Å². The molecule has 3 heteroatoms. The van der Waals surface area contributed by atoms with Gasteiger partial charge in [0.1, 0.15) is 22.3 Å². The van der Waals surface area contributed by atoms with Crippen molar-refractivity contribution in [2.75, 3.05) is 4.90 Å². The summed E-state index contributed by atoms with van der Waals surface area (Å²) >= 11 is 0. The molecule has 9 aromatic carbocycles. The van der Waals surface area contributed by atoms with Gasteiger partial charge in [-0.25, -0.2) is 0 Å². The first kappa shape index (κ1) is 38.3. The van der Waals surface area contributed by atoms with E-state index in [0.717, 1.165) is 88.8 Å². The van der Waals surface area contributed by atoms with Gasteiger partial charge >= 0.3 is 0 Å². The fraction of sp³-hybridized carbons (Fsp3) is 0.0323. The smallest absolute Gasteiger partial charge is 0.143 e. The summed E-state index contributed by atoms with van der Waals surface area (Å²) in [5.74, 6) is 0. The van der Waals surface area contributed by atoms with Crippen LogP contribution in [0, 0.1) is 0 Å². The van der Waals surface area contributed by atoms with Crippen LogP contribution in [0.15, 0.2) is 252 Å². The fourth-order valence-electron chi connectivity index (χ4n) is 10.4. The van der Waals surface area contributed by atoms with Crippen molar-refractivity contribution < 1.29 is 8.83 Å². The van der Waals surface area contributed by atoms with Gasteiger partial charge in [0.25, 0.3) is 0 Å². The Morgan fingerprint density at radius 1 is 0.462 bits per heavy atom. The maximum Gasteiger partial charge on any atom is 0.143 e. The Labute approximate surface area is 378 Å². The Bertz CT molecular complexity index is 3680. The molecular weight excluding hydrogens is 791 g/mol. The van der Waals surface area contributed by atoms with Crippen molar-refractivity contribution in [1.82, 2.24) is 0 Å². The highest BCUT2D eigenvalue weighted by Gasteiger charge is 2.46. The van der Waals surface area contributed by atoms with Crippen LogP contribution in [-0.2, 0) is 5.41 Å². The van der Waals surface area contributed by atoms with E-state index in [1.165, 1.54) is 27.8 Å². The molecular formula is C62H43NO2. The van der Waals surface area contributed by atoms with Crippen molar-refractivity contribution in [2.45, 2.75) is 12.3 Å². The molecule has 65 heavy (non-hydrogen) atoms. The first-order chi connectivity index (χ1) is 32.1. The monoisotopic (exact) mass is 833 g/mol. The van der Waals surface area contributed by atoms with E-state index in [2.05, 4.69) is 225 Å². The molecule has 0 fully saturated rings. The lowest BCUT2D eigenvalue weighted by atomic mass is 9.67. The van der Waals surface area contributed by atoms with Crippen molar-refractivity contribution in [3.8, 4) is 33.4 Å². The first-order valence-corrected chi connectivity index (χ1v) is 22.2. The lowest BCUT2D eigenvalue weighted by Gasteiger charge is -2.35. The minimum Gasteiger partial charge on any atom is -0.456 e. The average Bonchev–Trinajstić information content (AvgIpc) is 4.02. The Hall–Kier alpha value is -8.40. The Kier molecular flexibility index (Phi) is 9.10. The molecule has 3 nitrogen and oxygen atoms in total. The average molecular weight is 834 g/mol. The summed E-state index contributed by atoms with van der Waals surface area (Å²) in [7, 11) is 0. The number of hydrogen-bond donors (Lipinski definition) is 0. The summed E-state index contributed by atoms with van der Waals surface area (Å²) in [4.78, 5) is 2.36. The molecule has 0 radical (unpaired) electrons. The molecule has 1 aliphatic carbocycles. The predicted molar refractivity (Wildman–Crippen MR) is 271 cm³/mol. The molecule has 11 aromatic rings. The molecule has 0 amide bonds. The van der Waals surface area contributed by atoms with Gasteiger partial charge in [0.15, 0.2) is 0 Å². The van der Waals surface area contributed by atoms with Gasteiger partial charge in [0, 0.05) is 50.2 Å². The van der Waals surface area contributed by atoms with E-state index in [1.54, 1.807) is 0 Å². The molecule has 2 heterocycles. The Morgan fingerprint density at radius 3 is 1.94 bits per heavy atom. The second kappa shape index (κ2) is 15.4. The van der Waals surface area contributed by atoms with Gasteiger partial charge in [-0.1, -0.05) is 176 Å². The summed E-state index contributed by atoms with van der Waals surface area (Å²) in [6, 6.07) is 73.9. The largest absolute Gasteiger partial charge is 0.456 e. The molecule has 0 saturated heterocycles. The molecule has 0 N–H and O–H groups in total. The quantitative estimate of drug-likeness (QED) is 0.136. The van der Waals surface area contributed by atoms with Crippen molar-refractivity contribution >= 4 is 60.9 Å². The van der Waals surface area contributed by atoms with Gasteiger partial charge < -0.3 is 13.7 Å². The van der Waals surface area contributed by atoms with Crippen LogP contribution in [0.25, 0.3) is 77.3 Å². The number of fused-ring (bicyclic) bond motifs is 9. The van der Waals surface area contributed by atoms with Gasteiger partial charge in [0.2, 0.25) is 0 Å². The number of allylic oxidation sites excluding steroid dienone is 5. The molecule has 12 rings (SSSR count). The minimum absolute atomic E-state index is 0.597. The summed E-state index contributed by atoms with van der Waals surface area (Å²) in [6.45, 7) is 6.28. The van der Waals surface area contributed by atoms with Gasteiger partial charge in [-0.05, 0) is 112 Å². The van der Waals surface area contributed by atoms with Gasteiger partial charge in [-0.15, -0.1) is 0 Å². The van der Waals surface area contributed by atoms with Gasteiger partial charge in [0.05, 0.1) is 5.41 Å². The normalized spacial score (nSPS) is 14.7. The third-order valence-corrected chi connectivity index (χ3v) is 13.2. The van der Waals surface area contributed by atoms with Crippen LogP contribution in [0.2, 0.25) is 0 Å². The lowest BCUT2D eigenvalue weighted by molar-refractivity contribution is 0.669. The molecule has 1 unspecified atom stereocenters. The zero-order valence-electron chi connectivity index (χ0n) is 35.9. The highest BCUT2D eigenvalue weighted by atomic mass is 16.3. The second-order valence-corrected chi connectivity index (χ2v) is 16.8. The number of rotatable bonds is 9. The maximum atomic E-state index is 6.54. The number of furan rings is 2. The lowest BCUT2D eigenvalue weighted by Crippen LogP contribution is -2.29. The zero-order chi connectivity index (χ0) is 43.5. The number of nitrogens with zero attached hydrogens (tertiary/aromatic N) is 1. The van der Waals surface area contributed by atoms with Crippen LogP contribution in [0.3, 0.4) is 0 Å². The Morgan fingerprint density at radius 2 is 1.11 bits per heavy atom. The van der Waals surface area contributed by atoms with Crippen LogP contribution < -0.4 is 4.90 Å². The van der Waals surface area contributed by atoms with E-state index in [1.807, 2.05) is 24.3 Å². The number of hydrogen-bond acceptors (Lipinski definition) is 3. The van der Waals surface area contributed by atoms with E-state index in [0.29, 0.717) is 0 Å². The standard InChI is InChI=1S/C62H43NO2/c1-3-16-44(17-4-2)62(45-20-9-6-10-21-45)56-26-13-11-22-50(56)51-35-33-47(39-57(51)62)63(48-34-36-53-52-23-12-14-27-58(52)64-60(53)40-48)46-31-28-41(29-32-46)43-30-37-59-55(38-43)54-25-15-24-49(61(54)65-59)42-18-7-5-8-19-42/h3-40H,1H2,2H3/b17-4-,44-16+. The fourth-order valence-corrected chi connectivity index (χ4v) is 10.4. The molecule has 0 bridgehead atoms. The summed E-state index contributed by atoms with van der Waals surface area (Å²) in [5.41, 5.74) is 17.7. The number of benzene rings is 9. The van der Waals surface area contributed by atoms with Gasteiger partial charge in [-0.3, -0.25) is 0 Å².